The van der Waals surface area contributed by atoms with E-state index in [1.54, 1.807) is 13.2 Å². The second-order valence-corrected chi connectivity index (χ2v) is 6.28. The van der Waals surface area contributed by atoms with Gasteiger partial charge in [-0.1, -0.05) is 48.5 Å². The molecule has 0 aliphatic carbocycles. The van der Waals surface area contributed by atoms with Crippen molar-refractivity contribution < 1.29 is 9.84 Å². The molecule has 0 spiro atoms. The fraction of sp³-hybridized carbons (Fsp3) is 0.0455. The molecule has 26 heavy (non-hydrogen) atoms. The minimum atomic E-state index is 0.136. The van der Waals surface area contributed by atoms with Gasteiger partial charge in [-0.3, -0.25) is 0 Å². The Morgan fingerprint density at radius 2 is 1.50 bits per heavy atom. The predicted molar refractivity (Wildman–Crippen MR) is 105 cm³/mol. The highest BCUT2D eigenvalue weighted by molar-refractivity contribution is 6.23. The smallest absolute Gasteiger partial charge is 0.142 e. The highest BCUT2D eigenvalue weighted by Crippen LogP contribution is 2.37. The molecule has 0 radical (unpaired) electrons. The molecule has 2 N–H and O–H groups in total. The Balaban J connectivity index is 1.88. The molecule has 0 aliphatic rings. The molecule has 0 atom stereocenters. The average molecular weight is 340 g/mol. The first-order valence-electron chi connectivity index (χ1n) is 8.43. The SMILES string of the molecule is COc1ccc(-c2nc3c4ccccc4c4ccccc4c3[nH]2)c(O)c1. The summed E-state index contributed by atoms with van der Waals surface area (Å²) < 4.78 is 5.17. The first-order valence-corrected chi connectivity index (χ1v) is 8.43. The number of rotatable bonds is 2. The second kappa shape index (κ2) is 5.49. The van der Waals surface area contributed by atoms with E-state index >= 15 is 0 Å². The topological polar surface area (TPSA) is 58.1 Å². The van der Waals surface area contributed by atoms with E-state index in [1.807, 2.05) is 36.4 Å². The second-order valence-electron chi connectivity index (χ2n) is 6.28. The number of hydrogen-bond acceptors (Lipinski definition) is 3. The highest BCUT2D eigenvalue weighted by Gasteiger charge is 2.15. The molecule has 0 unspecified atom stereocenters. The number of methoxy groups -OCH3 is 1. The summed E-state index contributed by atoms with van der Waals surface area (Å²) >= 11 is 0. The highest BCUT2D eigenvalue weighted by atomic mass is 16.5. The van der Waals surface area contributed by atoms with E-state index in [-0.39, 0.29) is 5.75 Å². The van der Waals surface area contributed by atoms with E-state index in [1.165, 1.54) is 10.8 Å². The third-order valence-corrected chi connectivity index (χ3v) is 4.83. The van der Waals surface area contributed by atoms with Crippen molar-refractivity contribution in [2.24, 2.45) is 0 Å². The van der Waals surface area contributed by atoms with Crippen LogP contribution >= 0.6 is 0 Å². The molecule has 4 aromatic carbocycles. The summed E-state index contributed by atoms with van der Waals surface area (Å²) in [5.74, 6) is 1.39. The molecule has 4 nitrogen and oxygen atoms in total. The number of nitrogens with zero attached hydrogens (tertiary/aromatic N) is 1. The number of aromatic nitrogens is 2. The van der Waals surface area contributed by atoms with Crippen LogP contribution in [0.3, 0.4) is 0 Å². The van der Waals surface area contributed by atoms with E-state index in [4.69, 9.17) is 9.72 Å². The zero-order valence-electron chi connectivity index (χ0n) is 14.2. The van der Waals surface area contributed by atoms with Crippen LogP contribution in [-0.2, 0) is 0 Å². The zero-order chi connectivity index (χ0) is 17.7. The molecule has 0 fully saturated rings. The summed E-state index contributed by atoms with van der Waals surface area (Å²) in [7, 11) is 1.58. The van der Waals surface area contributed by atoms with Crippen LogP contribution in [0, 0.1) is 0 Å². The third-order valence-electron chi connectivity index (χ3n) is 4.83. The van der Waals surface area contributed by atoms with E-state index in [0.29, 0.717) is 17.1 Å². The summed E-state index contributed by atoms with van der Waals surface area (Å²) in [5.41, 5.74) is 2.53. The average Bonchev–Trinajstić information content (AvgIpc) is 3.13. The van der Waals surface area contributed by atoms with Crippen molar-refractivity contribution in [2.75, 3.05) is 7.11 Å². The van der Waals surface area contributed by atoms with Crippen molar-refractivity contribution in [2.45, 2.75) is 0 Å². The van der Waals surface area contributed by atoms with Crippen LogP contribution in [0.2, 0.25) is 0 Å². The molecular formula is C22H16N2O2. The quantitative estimate of drug-likeness (QED) is 0.431. The van der Waals surface area contributed by atoms with E-state index in [9.17, 15) is 5.11 Å². The van der Waals surface area contributed by atoms with Crippen molar-refractivity contribution in [3.8, 4) is 22.9 Å². The maximum Gasteiger partial charge on any atom is 0.142 e. The van der Waals surface area contributed by atoms with Gasteiger partial charge in [0, 0.05) is 16.8 Å². The molecule has 0 amide bonds. The first kappa shape index (κ1) is 14.8. The minimum absolute atomic E-state index is 0.136. The number of aromatic hydroxyl groups is 1. The summed E-state index contributed by atoms with van der Waals surface area (Å²) in [6.07, 6.45) is 0. The van der Waals surface area contributed by atoms with Gasteiger partial charge >= 0.3 is 0 Å². The maximum absolute atomic E-state index is 10.4. The van der Waals surface area contributed by atoms with Gasteiger partial charge in [0.05, 0.1) is 23.7 Å². The number of imidazole rings is 1. The number of benzene rings is 4. The summed E-state index contributed by atoms with van der Waals surface area (Å²) in [4.78, 5) is 8.23. The summed E-state index contributed by atoms with van der Waals surface area (Å²) in [5, 5.41) is 15.0. The monoisotopic (exact) mass is 340 g/mol. The Morgan fingerprint density at radius 1 is 0.846 bits per heavy atom. The number of nitrogens with one attached hydrogen (secondary N) is 1. The lowest BCUT2D eigenvalue weighted by Gasteiger charge is -2.05. The van der Waals surface area contributed by atoms with Gasteiger partial charge in [0.15, 0.2) is 0 Å². The molecular weight excluding hydrogens is 324 g/mol. The zero-order valence-corrected chi connectivity index (χ0v) is 14.2. The van der Waals surface area contributed by atoms with Crippen molar-refractivity contribution in [3.05, 3.63) is 66.7 Å². The van der Waals surface area contributed by atoms with Crippen LogP contribution < -0.4 is 4.74 Å². The number of phenolic OH excluding ortho intramolecular Hbond substituents is 1. The number of H-pyrrole nitrogens is 1. The number of phenols is 1. The lowest BCUT2D eigenvalue weighted by molar-refractivity contribution is 0.408. The van der Waals surface area contributed by atoms with Crippen LogP contribution in [0.1, 0.15) is 0 Å². The molecule has 0 saturated heterocycles. The standard InChI is InChI=1S/C22H16N2O2/c1-26-13-10-11-18(19(25)12-13)22-23-20-16-8-4-2-6-14(16)15-7-3-5-9-17(15)21(20)24-22/h2-12,25H,1H3,(H,23,24). The van der Waals surface area contributed by atoms with Crippen molar-refractivity contribution in [3.63, 3.8) is 0 Å². The fourth-order valence-electron chi connectivity index (χ4n) is 3.59. The van der Waals surface area contributed by atoms with E-state index < -0.39 is 0 Å². The van der Waals surface area contributed by atoms with Gasteiger partial charge < -0.3 is 14.8 Å². The van der Waals surface area contributed by atoms with E-state index in [2.05, 4.69) is 29.2 Å². The van der Waals surface area contributed by atoms with Gasteiger partial charge in [-0.2, -0.15) is 0 Å². The number of ether oxygens (including phenoxy) is 1. The van der Waals surface area contributed by atoms with Gasteiger partial charge in [-0.15, -0.1) is 0 Å². The Morgan fingerprint density at radius 3 is 2.19 bits per heavy atom. The van der Waals surface area contributed by atoms with Crippen molar-refractivity contribution >= 4 is 32.6 Å². The van der Waals surface area contributed by atoms with Gasteiger partial charge in [-0.05, 0) is 22.9 Å². The molecule has 1 aromatic heterocycles. The normalized spacial score (nSPS) is 11.4. The Labute approximate surface area is 149 Å². The molecule has 5 aromatic rings. The van der Waals surface area contributed by atoms with Crippen LogP contribution in [0.25, 0.3) is 44.0 Å². The van der Waals surface area contributed by atoms with Crippen LogP contribution in [0.15, 0.2) is 66.7 Å². The van der Waals surface area contributed by atoms with Gasteiger partial charge in [0.25, 0.3) is 0 Å². The van der Waals surface area contributed by atoms with Gasteiger partial charge in [-0.25, -0.2) is 4.98 Å². The molecule has 0 saturated carbocycles. The molecule has 0 aliphatic heterocycles. The largest absolute Gasteiger partial charge is 0.507 e. The molecule has 4 heteroatoms. The van der Waals surface area contributed by atoms with Crippen LogP contribution in [-0.4, -0.2) is 22.2 Å². The summed E-state index contributed by atoms with van der Waals surface area (Å²) in [6.45, 7) is 0. The molecule has 0 bridgehead atoms. The van der Waals surface area contributed by atoms with E-state index in [0.717, 1.165) is 21.8 Å². The van der Waals surface area contributed by atoms with Crippen molar-refractivity contribution in [1.29, 1.82) is 0 Å². The van der Waals surface area contributed by atoms with Gasteiger partial charge in [0.1, 0.15) is 17.3 Å². The Hall–Kier alpha value is -3.53. The number of aromatic amines is 1. The van der Waals surface area contributed by atoms with Crippen LogP contribution in [0.5, 0.6) is 11.5 Å². The van der Waals surface area contributed by atoms with Gasteiger partial charge in [0.2, 0.25) is 0 Å². The van der Waals surface area contributed by atoms with Crippen molar-refractivity contribution in [1.82, 2.24) is 9.97 Å². The lowest BCUT2D eigenvalue weighted by Crippen LogP contribution is -1.85. The molecule has 1 heterocycles. The summed E-state index contributed by atoms with van der Waals surface area (Å²) in [6, 6.07) is 21.8. The fourth-order valence-corrected chi connectivity index (χ4v) is 3.59. The molecule has 126 valence electrons. The first-order chi connectivity index (χ1) is 12.8. The van der Waals surface area contributed by atoms with Crippen LogP contribution in [0.4, 0.5) is 0 Å². The Kier molecular flexibility index (Phi) is 3.12. The number of fused-ring (bicyclic) bond motifs is 6. The molecule has 5 rings (SSSR count). The maximum atomic E-state index is 10.4. The Bertz CT molecular complexity index is 1220. The number of hydrogen-bond donors (Lipinski definition) is 2. The predicted octanol–water partition coefficient (Wildman–Crippen LogP) is 5.25. The third kappa shape index (κ3) is 2.05. The lowest BCUT2D eigenvalue weighted by atomic mass is 10.0. The minimum Gasteiger partial charge on any atom is -0.507 e.